The van der Waals surface area contributed by atoms with Gasteiger partial charge in [0.15, 0.2) is 0 Å². The fourth-order valence-corrected chi connectivity index (χ4v) is 2.46. The number of hydrogen-bond donors (Lipinski definition) is 1. The molecular formula is C19H20Cl2N2O. The number of hydrogen-bond acceptors (Lipinski definition) is 2. The van der Waals surface area contributed by atoms with Crippen molar-refractivity contribution in [2.45, 2.75) is 33.1 Å². The van der Waals surface area contributed by atoms with Gasteiger partial charge in [-0.1, -0.05) is 56.1 Å². The van der Waals surface area contributed by atoms with Crippen LogP contribution in [0.2, 0.25) is 10.0 Å². The van der Waals surface area contributed by atoms with Gasteiger partial charge in [0.05, 0.1) is 10.7 Å². The first-order valence-corrected chi connectivity index (χ1v) is 8.34. The van der Waals surface area contributed by atoms with E-state index in [0.29, 0.717) is 27.1 Å². The predicted octanol–water partition coefficient (Wildman–Crippen LogP) is 5.77. The van der Waals surface area contributed by atoms with Crippen molar-refractivity contribution >= 4 is 40.6 Å². The Labute approximate surface area is 152 Å². The number of benzene rings is 2. The summed E-state index contributed by atoms with van der Waals surface area (Å²) in [6, 6.07) is 12.6. The monoisotopic (exact) mass is 362 g/mol. The minimum Gasteiger partial charge on any atom is -0.310 e. The minimum atomic E-state index is -0.213. The summed E-state index contributed by atoms with van der Waals surface area (Å²) in [5, 5.41) is 3.77. The van der Waals surface area contributed by atoms with Crippen LogP contribution in [-0.4, -0.2) is 11.7 Å². The molecule has 0 aliphatic rings. The smallest absolute Gasteiger partial charge is 0.256 e. The van der Waals surface area contributed by atoms with Crippen LogP contribution in [0.1, 0.15) is 43.6 Å². The lowest BCUT2D eigenvalue weighted by molar-refractivity contribution is 0.0977. The van der Waals surface area contributed by atoms with Crippen LogP contribution in [-0.2, 0) is 5.41 Å². The lowest BCUT2D eigenvalue weighted by Gasteiger charge is -2.19. The molecule has 0 saturated carbocycles. The standard InChI is InChI=1S/C19H20Cl2N2O/c1-12(22-17-11-15(20)9-10-16(17)21)23-18(24)13-5-7-14(8-6-13)19(2,3)4/h5-11H,1-4H3,(H,22,23,24). The number of halogens is 2. The number of nitrogens with one attached hydrogen (secondary N) is 1. The van der Waals surface area contributed by atoms with Crippen LogP contribution in [0.15, 0.2) is 47.5 Å². The SMILES string of the molecule is CC(=Nc1cc(Cl)ccc1Cl)NC(=O)c1ccc(C(C)(C)C)cc1. The van der Waals surface area contributed by atoms with Crippen LogP contribution in [0, 0.1) is 0 Å². The van der Waals surface area contributed by atoms with Gasteiger partial charge in [-0.3, -0.25) is 4.79 Å². The van der Waals surface area contributed by atoms with Crippen LogP contribution in [0.25, 0.3) is 0 Å². The molecule has 0 aliphatic heterocycles. The highest BCUT2D eigenvalue weighted by Crippen LogP contribution is 2.28. The summed E-state index contributed by atoms with van der Waals surface area (Å²) < 4.78 is 0. The highest BCUT2D eigenvalue weighted by Gasteiger charge is 2.14. The molecule has 1 amide bonds. The molecule has 0 unspecified atom stereocenters. The van der Waals surface area contributed by atoms with E-state index >= 15 is 0 Å². The van der Waals surface area contributed by atoms with Gasteiger partial charge in [-0.05, 0) is 48.2 Å². The van der Waals surface area contributed by atoms with E-state index in [2.05, 4.69) is 31.1 Å². The molecule has 0 spiro atoms. The third-order valence-electron chi connectivity index (χ3n) is 3.50. The average Bonchev–Trinajstić information content (AvgIpc) is 2.50. The number of rotatable bonds is 2. The highest BCUT2D eigenvalue weighted by molar-refractivity contribution is 6.35. The second-order valence-electron chi connectivity index (χ2n) is 6.57. The van der Waals surface area contributed by atoms with E-state index in [1.54, 1.807) is 25.1 Å². The van der Waals surface area contributed by atoms with Gasteiger partial charge < -0.3 is 5.32 Å². The zero-order valence-electron chi connectivity index (χ0n) is 14.2. The Bertz CT molecular complexity index is 775. The fraction of sp³-hybridized carbons (Fsp3) is 0.263. The quantitative estimate of drug-likeness (QED) is 0.534. The van der Waals surface area contributed by atoms with Crippen molar-refractivity contribution in [3.63, 3.8) is 0 Å². The number of carbonyl (C=O) groups is 1. The Morgan fingerprint density at radius 1 is 1.04 bits per heavy atom. The molecular weight excluding hydrogens is 343 g/mol. The van der Waals surface area contributed by atoms with Crippen molar-refractivity contribution in [2.75, 3.05) is 0 Å². The van der Waals surface area contributed by atoms with Gasteiger partial charge in [-0.25, -0.2) is 4.99 Å². The molecule has 0 aromatic heterocycles. The molecule has 2 rings (SSSR count). The van der Waals surface area contributed by atoms with Crippen molar-refractivity contribution in [1.82, 2.24) is 5.32 Å². The Hall–Kier alpha value is -1.84. The van der Waals surface area contributed by atoms with Crippen molar-refractivity contribution < 1.29 is 4.79 Å². The normalized spacial score (nSPS) is 12.2. The Balaban J connectivity index is 2.14. The molecule has 1 N–H and O–H groups in total. The maximum atomic E-state index is 12.3. The van der Waals surface area contributed by atoms with Crippen LogP contribution in [0.3, 0.4) is 0 Å². The molecule has 0 radical (unpaired) electrons. The molecule has 0 heterocycles. The Morgan fingerprint density at radius 3 is 2.25 bits per heavy atom. The maximum absolute atomic E-state index is 12.3. The third kappa shape index (κ3) is 4.83. The van der Waals surface area contributed by atoms with E-state index in [0.717, 1.165) is 0 Å². The number of nitrogens with zero attached hydrogens (tertiary/aromatic N) is 1. The molecule has 126 valence electrons. The van der Waals surface area contributed by atoms with Crippen molar-refractivity contribution in [3.05, 3.63) is 63.6 Å². The zero-order valence-corrected chi connectivity index (χ0v) is 15.7. The fourth-order valence-electron chi connectivity index (χ4n) is 2.14. The maximum Gasteiger partial charge on any atom is 0.256 e. The molecule has 0 saturated heterocycles. The van der Waals surface area contributed by atoms with E-state index in [4.69, 9.17) is 23.2 Å². The Morgan fingerprint density at radius 2 is 1.67 bits per heavy atom. The number of amides is 1. The first-order chi connectivity index (χ1) is 11.2. The van der Waals surface area contributed by atoms with Gasteiger partial charge in [0, 0.05) is 10.6 Å². The topological polar surface area (TPSA) is 41.5 Å². The van der Waals surface area contributed by atoms with Gasteiger partial charge in [0.1, 0.15) is 5.84 Å². The van der Waals surface area contributed by atoms with Gasteiger partial charge in [-0.15, -0.1) is 0 Å². The number of amidine groups is 1. The zero-order chi connectivity index (χ0) is 17.9. The lowest BCUT2D eigenvalue weighted by Crippen LogP contribution is -2.28. The van der Waals surface area contributed by atoms with E-state index in [1.807, 2.05) is 24.3 Å². The van der Waals surface area contributed by atoms with E-state index in [9.17, 15) is 4.79 Å². The number of aliphatic imine (C=N–C) groups is 1. The first kappa shape index (κ1) is 18.5. The molecule has 0 aliphatic carbocycles. The van der Waals surface area contributed by atoms with Crippen molar-refractivity contribution in [1.29, 1.82) is 0 Å². The van der Waals surface area contributed by atoms with Crippen LogP contribution < -0.4 is 5.32 Å². The molecule has 0 atom stereocenters. The molecule has 3 nitrogen and oxygen atoms in total. The first-order valence-electron chi connectivity index (χ1n) is 7.59. The molecule has 2 aromatic rings. The van der Waals surface area contributed by atoms with Crippen molar-refractivity contribution in [2.24, 2.45) is 4.99 Å². The van der Waals surface area contributed by atoms with Gasteiger partial charge >= 0.3 is 0 Å². The van der Waals surface area contributed by atoms with Gasteiger partial charge in [0.2, 0.25) is 0 Å². The van der Waals surface area contributed by atoms with Crippen LogP contribution >= 0.6 is 23.2 Å². The summed E-state index contributed by atoms with van der Waals surface area (Å²) in [7, 11) is 0. The molecule has 2 aromatic carbocycles. The second kappa shape index (κ2) is 7.37. The molecule has 0 bridgehead atoms. The largest absolute Gasteiger partial charge is 0.310 e. The van der Waals surface area contributed by atoms with Gasteiger partial charge in [0.25, 0.3) is 5.91 Å². The van der Waals surface area contributed by atoms with Crippen LogP contribution in [0.4, 0.5) is 5.69 Å². The summed E-state index contributed by atoms with van der Waals surface area (Å²) >= 11 is 12.0. The summed E-state index contributed by atoms with van der Waals surface area (Å²) in [5.74, 6) is 0.235. The summed E-state index contributed by atoms with van der Waals surface area (Å²) in [6.45, 7) is 8.10. The van der Waals surface area contributed by atoms with Crippen molar-refractivity contribution in [3.8, 4) is 0 Å². The molecule has 24 heavy (non-hydrogen) atoms. The van der Waals surface area contributed by atoms with E-state index in [-0.39, 0.29) is 11.3 Å². The van der Waals surface area contributed by atoms with E-state index < -0.39 is 0 Å². The van der Waals surface area contributed by atoms with Crippen LogP contribution in [0.5, 0.6) is 0 Å². The molecule has 5 heteroatoms. The average molecular weight is 363 g/mol. The summed E-state index contributed by atoms with van der Waals surface area (Å²) in [5.41, 5.74) is 2.32. The lowest BCUT2D eigenvalue weighted by atomic mass is 9.87. The number of carbonyl (C=O) groups excluding carboxylic acids is 1. The van der Waals surface area contributed by atoms with E-state index in [1.165, 1.54) is 5.56 Å². The van der Waals surface area contributed by atoms with Gasteiger partial charge in [-0.2, -0.15) is 0 Å². The highest BCUT2D eigenvalue weighted by atomic mass is 35.5. The minimum absolute atomic E-state index is 0.0513. The predicted molar refractivity (Wildman–Crippen MR) is 102 cm³/mol. The third-order valence-corrected chi connectivity index (χ3v) is 4.06. The summed E-state index contributed by atoms with van der Waals surface area (Å²) in [6.07, 6.45) is 0. The Kier molecular flexibility index (Phi) is 5.68. The summed E-state index contributed by atoms with van der Waals surface area (Å²) in [4.78, 5) is 16.6. The second-order valence-corrected chi connectivity index (χ2v) is 7.42. The molecule has 0 fully saturated rings.